The molecule has 0 bridgehead atoms. The van der Waals surface area contributed by atoms with Crippen LogP contribution in [0.4, 0.5) is 0 Å². The third-order valence-electron chi connectivity index (χ3n) is 12.6. The van der Waals surface area contributed by atoms with E-state index in [2.05, 4.69) is 106 Å². The van der Waals surface area contributed by atoms with Gasteiger partial charge < -0.3 is 8.85 Å². The van der Waals surface area contributed by atoms with E-state index in [-0.39, 0.29) is 22.2 Å². The third-order valence-corrected chi connectivity index (χ3v) is 18.3. The second-order valence-corrected chi connectivity index (χ2v) is 27.4. The van der Waals surface area contributed by atoms with Crippen LogP contribution in [0.5, 0.6) is 0 Å². The van der Waals surface area contributed by atoms with Gasteiger partial charge in [0, 0.05) is 5.41 Å². The van der Waals surface area contributed by atoms with E-state index in [1.54, 1.807) is 5.57 Å². The third kappa shape index (κ3) is 6.50. The van der Waals surface area contributed by atoms with Gasteiger partial charge in [-0.25, -0.2) is 0 Å². The summed E-state index contributed by atoms with van der Waals surface area (Å²) in [5.74, 6) is 4.28. The van der Waals surface area contributed by atoms with Crippen molar-refractivity contribution in [1.82, 2.24) is 0 Å². The maximum atomic E-state index is 6.88. The zero-order valence-electron chi connectivity index (χ0n) is 28.9. The number of fused-ring (bicyclic) bond motifs is 5. The van der Waals surface area contributed by atoms with Gasteiger partial charge in [-0.1, -0.05) is 78.2 Å². The van der Waals surface area contributed by atoms with Gasteiger partial charge in [0.15, 0.2) is 16.6 Å². The topological polar surface area (TPSA) is 18.5 Å². The summed E-state index contributed by atoms with van der Waals surface area (Å²) in [5, 5.41) is 0.259. The molecule has 2 nitrogen and oxygen atoms in total. The van der Waals surface area contributed by atoms with E-state index >= 15 is 0 Å². The van der Waals surface area contributed by atoms with Gasteiger partial charge in [-0.3, -0.25) is 0 Å². The van der Waals surface area contributed by atoms with Crippen molar-refractivity contribution < 1.29 is 8.85 Å². The van der Waals surface area contributed by atoms with E-state index in [9.17, 15) is 0 Å². The maximum Gasteiger partial charge on any atom is 0.192 e. The highest BCUT2D eigenvalue weighted by molar-refractivity contribution is 6.74. The molecule has 0 aromatic carbocycles. The van der Waals surface area contributed by atoms with Crippen molar-refractivity contribution in [2.75, 3.05) is 0 Å². The monoisotopic (exact) mass is 586 g/mol. The lowest BCUT2D eigenvalue weighted by molar-refractivity contribution is -0.0358. The molecule has 0 saturated heterocycles. The Balaban J connectivity index is 1.41. The minimum atomic E-state index is -1.77. The smallest absolute Gasteiger partial charge is 0.192 e. The van der Waals surface area contributed by atoms with Crippen LogP contribution in [0, 0.1) is 40.4 Å². The molecule has 8 atom stereocenters. The summed E-state index contributed by atoms with van der Waals surface area (Å²) >= 11 is 0. The highest BCUT2D eigenvalue weighted by Crippen LogP contribution is 2.66. The fourth-order valence-electron chi connectivity index (χ4n) is 9.77. The van der Waals surface area contributed by atoms with Crippen LogP contribution in [-0.2, 0) is 8.85 Å². The molecule has 0 N–H and O–H groups in total. The second-order valence-electron chi connectivity index (χ2n) is 18.2. The summed E-state index contributed by atoms with van der Waals surface area (Å²) in [6.45, 7) is 31.4. The Hall–Kier alpha value is -0.166. The van der Waals surface area contributed by atoms with Crippen LogP contribution in [0.15, 0.2) is 23.8 Å². The van der Waals surface area contributed by atoms with Crippen LogP contribution in [0.25, 0.3) is 0 Å². The zero-order chi connectivity index (χ0) is 29.9. The summed E-state index contributed by atoms with van der Waals surface area (Å²) in [4.78, 5) is 0. The van der Waals surface area contributed by atoms with Gasteiger partial charge in [-0.05, 0) is 132 Å². The van der Waals surface area contributed by atoms with Gasteiger partial charge in [0.2, 0.25) is 0 Å². The molecule has 230 valence electrons. The standard InChI is InChI=1S/C36H66O2Si2/c1-26(15-14-22-34(5,6)38-39(9,10)11)30-18-19-31-29-17-16-27-25-28(37-40(12,13)33(2,3)4)20-23-35(27,7)32(29)21-24-36(30,31)8/h16,20,23,26,28-32H,14-15,17-19,21-22,24-25H2,1-13H3/t26-,28+,29+,30-,31+,32+,35+,36-/m1/s1. The molecule has 4 aliphatic carbocycles. The molecule has 40 heavy (non-hydrogen) atoms. The summed E-state index contributed by atoms with van der Waals surface area (Å²) in [7, 11) is -3.27. The number of hydrogen-bond acceptors (Lipinski definition) is 2. The largest absolute Gasteiger partial charge is 0.413 e. The molecule has 4 rings (SSSR count). The number of allylic oxidation sites excluding steroid dienone is 2. The van der Waals surface area contributed by atoms with Gasteiger partial charge in [0.1, 0.15) is 0 Å². The minimum absolute atomic E-state index is 0.0220. The molecule has 0 amide bonds. The number of rotatable bonds is 9. The van der Waals surface area contributed by atoms with Gasteiger partial charge in [-0.2, -0.15) is 0 Å². The van der Waals surface area contributed by atoms with Crippen LogP contribution < -0.4 is 0 Å². The zero-order valence-corrected chi connectivity index (χ0v) is 30.9. The summed E-state index contributed by atoms with van der Waals surface area (Å²) < 4.78 is 13.4. The SMILES string of the molecule is C[C@H](CCCC(C)(C)O[Si](C)(C)C)[C@H]1CC[C@H]2[C@@H]3CC=C4C[C@@H](O[Si](C)(C)C(C)(C)C)C=C[C@]4(C)[C@H]3CC[C@]12C. The molecule has 2 fully saturated rings. The Morgan fingerprint density at radius 3 is 2.27 bits per heavy atom. The Morgan fingerprint density at radius 2 is 1.65 bits per heavy atom. The van der Waals surface area contributed by atoms with E-state index < -0.39 is 16.6 Å². The van der Waals surface area contributed by atoms with Crippen LogP contribution >= 0.6 is 0 Å². The highest BCUT2D eigenvalue weighted by Gasteiger charge is 2.58. The first-order chi connectivity index (χ1) is 18.2. The molecule has 4 aliphatic rings. The molecule has 2 saturated carbocycles. The summed E-state index contributed by atoms with van der Waals surface area (Å²) in [5.41, 5.74) is 2.48. The van der Waals surface area contributed by atoms with E-state index in [1.807, 2.05) is 0 Å². The Morgan fingerprint density at radius 1 is 0.975 bits per heavy atom. The van der Waals surface area contributed by atoms with Crippen molar-refractivity contribution in [1.29, 1.82) is 0 Å². The predicted octanol–water partition coefficient (Wildman–Crippen LogP) is 11.2. The normalized spacial score (nSPS) is 37.4. The molecular formula is C36H66O2Si2. The minimum Gasteiger partial charge on any atom is -0.413 e. The molecule has 0 radical (unpaired) electrons. The van der Waals surface area contributed by atoms with E-state index in [4.69, 9.17) is 8.85 Å². The average Bonchev–Trinajstić information content (AvgIpc) is 3.14. The average molecular weight is 587 g/mol. The van der Waals surface area contributed by atoms with Crippen LogP contribution in [0.1, 0.15) is 113 Å². The summed E-state index contributed by atoms with van der Waals surface area (Å²) in [6.07, 6.45) is 20.1. The van der Waals surface area contributed by atoms with Gasteiger partial charge in [0.05, 0.1) is 11.7 Å². The van der Waals surface area contributed by atoms with Crippen LogP contribution in [0.3, 0.4) is 0 Å². The van der Waals surface area contributed by atoms with Gasteiger partial charge in [0.25, 0.3) is 0 Å². The molecule has 0 aliphatic heterocycles. The first kappa shape index (κ1) is 32.7. The lowest BCUT2D eigenvalue weighted by Gasteiger charge is -2.57. The lowest BCUT2D eigenvalue weighted by atomic mass is 9.48. The molecule has 0 aromatic heterocycles. The van der Waals surface area contributed by atoms with E-state index in [0.717, 1.165) is 36.0 Å². The summed E-state index contributed by atoms with van der Waals surface area (Å²) in [6, 6.07) is 0. The van der Waals surface area contributed by atoms with Gasteiger partial charge >= 0.3 is 0 Å². The van der Waals surface area contributed by atoms with E-state index in [1.165, 1.54) is 51.4 Å². The van der Waals surface area contributed by atoms with Crippen molar-refractivity contribution >= 4 is 16.6 Å². The Bertz CT molecular complexity index is 966. The molecular weight excluding hydrogens is 521 g/mol. The quantitative estimate of drug-likeness (QED) is 0.198. The lowest BCUT2D eigenvalue weighted by Crippen LogP contribution is -2.50. The highest BCUT2D eigenvalue weighted by atomic mass is 28.4. The van der Waals surface area contributed by atoms with E-state index in [0.29, 0.717) is 5.41 Å². The Kier molecular flexibility index (Phi) is 9.07. The molecule has 0 unspecified atom stereocenters. The first-order valence-electron chi connectivity index (χ1n) is 17.0. The molecule has 0 heterocycles. The van der Waals surface area contributed by atoms with Crippen molar-refractivity contribution in [3.8, 4) is 0 Å². The predicted molar refractivity (Wildman–Crippen MR) is 179 cm³/mol. The maximum absolute atomic E-state index is 6.88. The fraction of sp³-hybridized carbons (Fsp3) is 0.889. The Labute approximate surface area is 251 Å². The van der Waals surface area contributed by atoms with Crippen molar-refractivity contribution in [2.45, 2.75) is 163 Å². The molecule has 0 spiro atoms. The first-order valence-corrected chi connectivity index (χ1v) is 23.3. The van der Waals surface area contributed by atoms with Crippen molar-refractivity contribution in [2.24, 2.45) is 40.4 Å². The fourth-order valence-corrected chi connectivity index (χ4v) is 12.8. The molecule has 0 aromatic rings. The molecule has 4 heteroatoms. The van der Waals surface area contributed by atoms with Gasteiger partial charge in [-0.15, -0.1) is 0 Å². The van der Waals surface area contributed by atoms with Crippen molar-refractivity contribution in [3.63, 3.8) is 0 Å². The number of hydrogen-bond donors (Lipinski definition) is 0. The van der Waals surface area contributed by atoms with Crippen LogP contribution in [0.2, 0.25) is 37.8 Å². The second kappa shape index (κ2) is 11.1. The van der Waals surface area contributed by atoms with Crippen molar-refractivity contribution in [3.05, 3.63) is 23.8 Å². The van der Waals surface area contributed by atoms with Crippen LogP contribution in [-0.4, -0.2) is 28.3 Å².